The zero-order valence-corrected chi connectivity index (χ0v) is 23.0. The maximum absolute atomic E-state index is 11.1. The van der Waals surface area contributed by atoms with E-state index in [1.165, 1.54) is 10.4 Å². The monoisotopic (exact) mass is 486 g/mol. The zero-order valence-electron chi connectivity index (χ0n) is 22.0. The van der Waals surface area contributed by atoms with E-state index in [0.717, 1.165) is 0 Å². The van der Waals surface area contributed by atoms with Crippen molar-refractivity contribution in [1.82, 2.24) is 0 Å². The van der Waals surface area contributed by atoms with Crippen LogP contribution >= 0.6 is 0 Å². The van der Waals surface area contributed by atoms with Crippen molar-refractivity contribution in [3.05, 3.63) is 60.7 Å². The van der Waals surface area contributed by atoms with Gasteiger partial charge in [-0.1, -0.05) is 88.4 Å². The van der Waals surface area contributed by atoms with Gasteiger partial charge in [-0.05, 0) is 42.6 Å². The molecule has 188 valence electrons. The van der Waals surface area contributed by atoms with E-state index in [-0.39, 0.29) is 11.1 Å². The van der Waals surface area contributed by atoms with Crippen LogP contribution in [0, 0.1) is 0 Å². The molecule has 0 saturated carbocycles. The van der Waals surface area contributed by atoms with Gasteiger partial charge in [-0.2, -0.15) is 0 Å². The first-order valence-electron chi connectivity index (χ1n) is 12.2. The zero-order chi connectivity index (χ0) is 25.2. The third-order valence-corrected chi connectivity index (χ3v) is 12.0. The van der Waals surface area contributed by atoms with Crippen LogP contribution in [0.25, 0.3) is 0 Å². The summed E-state index contributed by atoms with van der Waals surface area (Å²) in [6.07, 6.45) is -0.867. The molecule has 5 nitrogen and oxygen atoms in total. The summed E-state index contributed by atoms with van der Waals surface area (Å²) in [6.45, 7) is 14.6. The molecule has 1 fully saturated rings. The van der Waals surface area contributed by atoms with Crippen LogP contribution in [0.1, 0.15) is 54.9 Å². The lowest BCUT2D eigenvalue weighted by Crippen LogP contribution is -2.67. The van der Waals surface area contributed by atoms with Crippen LogP contribution in [0.15, 0.2) is 60.7 Å². The Morgan fingerprint density at radius 1 is 0.941 bits per heavy atom. The number of hydrogen-bond donors (Lipinski definition) is 1. The number of benzene rings is 2. The van der Waals surface area contributed by atoms with Crippen LogP contribution < -0.4 is 10.4 Å². The Bertz CT molecular complexity index is 868. The van der Waals surface area contributed by atoms with E-state index in [9.17, 15) is 5.11 Å². The highest BCUT2D eigenvalue weighted by molar-refractivity contribution is 6.99. The number of aliphatic hydroxyl groups is 1. The summed E-state index contributed by atoms with van der Waals surface area (Å²) in [5.41, 5.74) is -1.06. The molecule has 1 aliphatic heterocycles. The van der Waals surface area contributed by atoms with Gasteiger partial charge in [0.2, 0.25) is 0 Å². The Morgan fingerprint density at radius 2 is 1.44 bits per heavy atom. The first-order valence-corrected chi connectivity index (χ1v) is 14.1. The highest BCUT2D eigenvalue weighted by Crippen LogP contribution is 2.39. The standard InChI is InChI=1S/C28H42O5Si/c1-9-28(7,29)25(30-8)24-23(32-27(5,6)33-24)20-31-34(26(2,3)4,21-16-12-10-13-17-21)22-18-14-11-15-19-22/h10-19,23-25,29H,9,20H2,1-8H3/t23-,24-,25+,28-/m0/s1. The number of rotatable bonds is 9. The SMILES string of the molecule is CC[C@](C)(O)[C@H](OC)[C@H]1OC(C)(C)O[C@H]1CO[Si](c1ccccc1)(c1ccccc1)C(C)(C)C. The van der Waals surface area contributed by atoms with Crippen LogP contribution in [0.4, 0.5) is 0 Å². The molecule has 34 heavy (non-hydrogen) atoms. The Hall–Kier alpha value is -1.54. The van der Waals surface area contributed by atoms with Gasteiger partial charge >= 0.3 is 0 Å². The Kier molecular flexibility index (Phi) is 8.12. The molecule has 0 aliphatic carbocycles. The van der Waals surface area contributed by atoms with E-state index in [4.69, 9.17) is 18.6 Å². The van der Waals surface area contributed by atoms with Crippen molar-refractivity contribution in [2.24, 2.45) is 0 Å². The molecule has 1 heterocycles. The first-order chi connectivity index (χ1) is 15.9. The highest BCUT2D eigenvalue weighted by atomic mass is 28.4. The first kappa shape index (κ1) is 27.1. The van der Waals surface area contributed by atoms with Crippen molar-refractivity contribution in [3.8, 4) is 0 Å². The fourth-order valence-electron chi connectivity index (χ4n) is 5.16. The largest absolute Gasteiger partial charge is 0.405 e. The topological polar surface area (TPSA) is 57.2 Å². The summed E-state index contributed by atoms with van der Waals surface area (Å²) in [4.78, 5) is 0. The quantitative estimate of drug-likeness (QED) is 0.537. The van der Waals surface area contributed by atoms with Crippen molar-refractivity contribution < 1.29 is 23.7 Å². The van der Waals surface area contributed by atoms with Gasteiger partial charge < -0.3 is 23.7 Å². The minimum atomic E-state index is -2.73. The van der Waals surface area contributed by atoms with Crippen LogP contribution in [-0.2, 0) is 18.6 Å². The highest BCUT2D eigenvalue weighted by Gasteiger charge is 2.54. The van der Waals surface area contributed by atoms with Crippen LogP contribution in [0.3, 0.4) is 0 Å². The molecule has 6 heteroatoms. The molecule has 2 aromatic carbocycles. The molecule has 0 amide bonds. The van der Waals surface area contributed by atoms with E-state index in [1.54, 1.807) is 14.0 Å². The summed E-state index contributed by atoms with van der Waals surface area (Å²) in [5, 5.41) is 13.3. The molecule has 1 saturated heterocycles. The lowest BCUT2D eigenvalue weighted by atomic mass is 9.89. The fourth-order valence-corrected chi connectivity index (χ4v) is 9.73. The predicted octanol–water partition coefficient (Wildman–Crippen LogP) is 4.26. The second kappa shape index (κ2) is 10.2. The Balaban J connectivity index is 2.03. The average molecular weight is 487 g/mol. The molecular weight excluding hydrogens is 444 g/mol. The third-order valence-electron chi connectivity index (χ3n) is 6.98. The number of methoxy groups -OCH3 is 1. The summed E-state index contributed by atoms with van der Waals surface area (Å²) in [5.74, 6) is -0.801. The van der Waals surface area contributed by atoms with E-state index in [1.807, 2.05) is 32.9 Å². The summed E-state index contributed by atoms with van der Waals surface area (Å²) < 4.78 is 25.5. The third kappa shape index (κ3) is 5.32. The number of hydrogen-bond acceptors (Lipinski definition) is 5. The van der Waals surface area contributed by atoms with Crippen molar-refractivity contribution in [3.63, 3.8) is 0 Å². The van der Waals surface area contributed by atoms with E-state index in [2.05, 4.69) is 69.3 Å². The fraction of sp³-hybridized carbons (Fsp3) is 0.571. The summed E-state index contributed by atoms with van der Waals surface area (Å²) >= 11 is 0. The molecule has 4 atom stereocenters. The molecule has 2 aromatic rings. The van der Waals surface area contributed by atoms with Gasteiger partial charge in [-0.15, -0.1) is 0 Å². The van der Waals surface area contributed by atoms with Gasteiger partial charge in [-0.25, -0.2) is 0 Å². The minimum absolute atomic E-state index is 0.143. The molecular formula is C28H42O5Si. The van der Waals surface area contributed by atoms with Crippen molar-refractivity contribution in [2.75, 3.05) is 13.7 Å². The Labute approximate surface area is 206 Å². The van der Waals surface area contributed by atoms with Crippen LogP contribution in [0.5, 0.6) is 0 Å². The van der Waals surface area contributed by atoms with Gasteiger partial charge in [-0.3, -0.25) is 0 Å². The van der Waals surface area contributed by atoms with Gasteiger partial charge in [0.1, 0.15) is 18.3 Å². The second-order valence-electron chi connectivity index (χ2n) is 11.0. The molecule has 1 aliphatic rings. The molecule has 0 aromatic heterocycles. The van der Waals surface area contributed by atoms with Gasteiger partial charge in [0.15, 0.2) is 5.79 Å². The van der Waals surface area contributed by atoms with Gasteiger partial charge in [0, 0.05) is 7.11 Å². The molecule has 0 radical (unpaired) electrons. The lowest BCUT2D eigenvalue weighted by Gasteiger charge is -2.44. The maximum atomic E-state index is 11.1. The van der Waals surface area contributed by atoms with E-state index >= 15 is 0 Å². The van der Waals surface area contributed by atoms with Crippen LogP contribution in [0.2, 0.25) is 5.04 Å². The second-order valence-corrected chi connectivity index (χ2v) is 15.3. The lowest BCUT2D eigenvalue weighted by molar-refractivity contribution is -0.181. The summed E-state index contributed by atoms with van der Waals surface area (Å²) in [7, 11) is -1.12. The average Bonchev–Trinajstić information content (AvgIpc) is 3.09. The normalized spacial score (nSPS) is 23.4. The van der Waals surface area contributed by atoms with Crippen molar-refractivity contribution >= 4 is 18.7 Å². The predicted molar refractivity (Wildman–Crippen MR) is 139 cm³/mol. The minimum Gasteiger partial charge on any atom is -0.405 e. The molecule has 0 spiro atoms. The van der Waals surface area contributed by atoms with E-state index in [0.29, 0.717) is 13.0 Å². The summed E-state index contributed by atoms with van der Waals surface area (Å²) in [6, 6.07) is 21.1. The van der Waals surface area contributed by atoms with Gasteiger partial charge in [0.25, 0.3) is 8.32 Å². The van der Waals surface area contributed by atoms with E-state index < -0.39 is 31.9 Å². The molecule has 0 bridgehead atoms. The van der Waals surface area contributed by atoms with Crippen molar-refractivity contribution in [2.45, 2.75) is 89.6 Å². The van der Waals surface area contributed by atoms with Crippen molar-refractivity contribution in [1.29, 1.82) is 0 Å². The smallest absolute Gasteiger partial charge is 0.261 e. The molecule has 0 unspecified atom stereocenters. The van der Waals surface area contributed by atoms with Gasteiger partial charge in [0.05, 0.1) is 12.2 Å². The molecule has 1 N–H and O–H groups in total. The maximum Gasteiger partial charge on any atom is 0.261 e. The van der Waals surface area contributed by atoms with Crippen LogP contribution in [-0.4, -0.2) is 56.8 Å². The molecule has 3 rings (SSSR count). The Morgan fingerprint density at radius 3 is 1.85 bits per heavy atom. The number of ether oxygens (including phenoxy) is 3.